The van der Waals surface area contributed by atoms with Crippen molar-refractivity contribution in [2.75, 3.05) is 0 Å². The van der Waals surface area contributed by atoms with Gasteiger partial charge >= 0.3 is 53.7 Å². The Labute approximate surface area is 471 Å². The molecule has 19 nitrogen and oxygen atoms in total. The van der Waals surface area contributed by atoms with Gasteiger partial charge in [-0.1, -0.05) is 35.4 Å². The number of hydrogen-bond donors (Lipinski definition) is 1. The fourth-order valence-corrected chi connectivity index (χ4v) is 6.96. The summed E-state index contributed by atoms with van der Waals surface area (Å²) in [5.74, 6) is -5.96. The first-order chi connectivity index (χ1) is 38.1. The first-order valence-electron chi connectivity index (χ1n) is 25.7. The van der Waals surface area contributed by atoms with Crippen molar-refractivity contribution in [3.05, 3.63) is 178 Å². The van der Waals surface area contributed by atoms with E-state index in [2.05, 4.69) is 0 Å². The van der Waals surface area contributed by atoms with Crippen molar-refractivity contribution in [2.24, 2.45) is 0 Å². The van der Waals surface area contributed by atoms with Crippen LogP contribution in [-0.4, -0.2) is 108 Å². The highest BCUT2D eigenvalue weighted by molar-refractivity contribution is 5.97. The highest BCUT2D eigenvalue weighted by Gasteiger charge is 2.21. The molecular weight excluding hydrogens is 1050 g/mol. The van der Waals surface area contributed by atoms with Crippen LogP contribution in [0.15, 0.2) is 134 Å². The van der Waals surface area contributed by atoms with Crippen molar-refractivity contribution in [3.63, 3.8) is 0 Å². The molecular formula is C62H70O19. The molecule has 8 unspecified atom stereocenters. The van der Waals surface area contributed by atoms with Gasteiger partial charge in [-0.2, -0.15) is 0 Å². The van der Waals surface area contributed by atoms with Gasteiger partial charge in [-0.15, -0.1) is 0 Å². The van der Waals surface area contributed by atoms with Crippen LogP contribution in [0.3, 0.4) is 0 Å². The van der Waals surface area contributed by atoms with Crippen LogP contribution in [0.1, 0.15) is 149 Å². The molecule has 4 aromatic rings. The predicted octanol–water partition coefficient (Wildman–Crippen LogP) is 10.4. The second-order valence-corrected chi connectivity index (χ2v) is 18.7. The Morgan fingerprint density at radius 2 is 0.580 bits per heavy atom. The summed E-state index contributed by atoms with van der Waals surface area (Å²) in [7, 11) is 0. The second-order valence-electron chi connectivity index (χ2n) is 18.7. The molecule has 19 heteroatoms. The van der Waals surface area contributed by atoms with Gasteiger partial charge in [0.15, 0.2) is 0 Å². The van der Waals surface area contributed by atoms with Gasteiger partial charge in [0, 0.05) is 20.8 Å². The van der Waals surface area contributed by atoms with Gasteiger partial charge in [-0.3, -0.25) is 14.4 Å². The smallest absolute Gasteiger partial charge is 0.338 e. The molecule has 0 saturated heterocycles. The lowest BCUT2D eigenvalue weighted by molar-refractivity contribution is -0.144. The summed E-state index contributed by atoms with van der Waals surface area (Å²) in [6.45, 7) is 20.6. The zero-order chi connectivity index (χ0) is 60.5. The highest BCUT2D eigenvalue weighted by atomic mass is 16.6. The molecule has 4 rings (SSSR count). The molecule has 0 bridgehead atoms. The van der Waals surface area contributed by atoms with Crippen LogP contribution < -0.4 is 4.74 Å². The number of rotatable bonds is 23. The third-order valence-corrected chi connectivity index (χ3v) is 10.6. The number of benzene rings is 4. The van der Waals surface area contributed by atoms with Crippen molar-refractivity contribution < 1.29 is 90.9 Å². The second kappa shape index (κ2) is 32.7. The maximum atomic E-state index is 12.9. The lowest BCUT2D eigenvalue weighted by Gasteiger charge is -2.14. The quantitative estimate of drug-likeness (QED) is 0.0313. The van der Waals surface area contributed by atoms with Crippen molar-refractivity contribution in [1.82, 2.24) is 0 Å². The number of hydrogen-bond acceptors (Lipinski definition) is 19. The third-order valence-electron chi connectivity index (χ3n) is 10.6. The zero-order valence-electron chi connectivity index (χ0n) is 47.6. The molecule has 0 radical (unpaired) electrons. The van der Waals surface area contributed by atoms with Gasteiger partial charge in [0.25, 0.3) is 0 Å². The number of aromatic hydroxyl groups is 1. The number of carbonyl (C=O) groups excluding carboxylic acids is 9. The zero-order valence-corrected chi connectivity index (χ0v) is 47.6. The minimum atomic E-state index is -0.789. The fourth-order valence-electron chi connectivity index (χ4n) is 6.96. The van der Waals surface area contributed by atoms with Crippen LogP contribution in [-0.2, 0) is 52.3 Å². The van der Waals surface area contributed by atoms with Crippen molar-refractivity contribution >= 4 is 53.7 Å². The van der Waals surface area contributed by atoms with Crippen LogP contribution in [0.2, 0.25) is 0 Å². The summed E-state index contributed by atoms with van der Waals surface area (Å²) in [6.07, 6.45) is 7.56. The number of phenolic OH excluding ortho intramolecular Hbond substituents is 1. The number of carbonyl (C=O) groups is 9. The summed E-state index contributed by atoms with van der Waals surface area (Å²) < 4.78 is 47.4. The van der Waals surface area contributed by atoms with E-state index in [0.717, 1.165) is 11.1 Å². The van der Waals surface area contributed by atoms with E-state index in [9.17, 15) is 48.3 Å². The summed E-state index contributed by atoms with van der Waals surface area (Å²) in [5.41, 5.74) is 2.55. The maximum Gasteiger partial charge on any atom is 0.338 e. The number of phenols is 1. The largest absolute Gasteiger partial charge is 0.508 e. The van der Waals surface area contributed by atoms with Gasteiger partial charge in [0.2, 0.25) is 0 Å². The fraction of sp³-hybridized carbons (Fsp3) is 0.339. The third kappa shape index (κ3) is 25.5. The van der Waals surface area contributed by atoms with Gasteiger partial charge in [-0.25, -0.2) is 28.8 Å². The van der Waals surface area contributed by atoms with E-state index in [4.69, 9.17) is 42.6 Å². The van der Waals surface area contributed by atoms with Crippen molar-refractivity contribution in [3.8, 4) is 11.5 Å². The van der Waals surface area contributed by atoms with Crippen LogP contribution in [0.4, 0.5) is 0 Å². The Bertz CT molecular complexity index is 3000. The van der Waals surface area contributed by atoms with Crippen LogP contribution >= 0.6 is 0 Å². The first-order valence-corrected chi connectivity index (χ1v) is 25.7. The van der Waals surface area contributed by atoms with E-state index in [1.807, 2.05) is 26.0 Å². The molecule has 0 aliphatic carbocycles. The van der Waals surface area contributed by atoms with Gasteiger partial charge in [0.05, 0.1) is 33.4 Å². The topological polar surface area (TPSA) is 257 Å². The van der Waals surface area contributed by atoms with E-state index in [0.29, 0.717) is 11.1 Å². The number of aryl methyl sites for hydroxylation is 2. The molecule has 4 aromatic carbocycles. The van der Waals surface area contributed by atoms with Crippen LogP contribution in [0, 0.1) is 13.8 Å². The van der Waals surface area contributed by atoms with Gasteiger partial charge in [-0.05, 0) is 179 Å². The summed E-state index contributed by atoms with van der Waals surface area (Å²) in [6, 6.07) is 21.5. The lowest BCUT2D eigenvalue weighted by Crippen LogP contribution is -2.18. The highest BCUT2D eigenvalue weighted by Crippen LogP contribution is 2.22. The molecule has 0 fully saturated rings. The summed E-state index contributed by atoms with van der Waals surface area (Å²) in [5, 5.41) is 10.1. The maximum absolute atomic E-state index is 12.9. The molecule has 0 amide bonds. The molecule has 0 spiro atoms. The standard InChI is InChI=1S/C32H36O10.C30H34O9/c1-19-9-8-10-26(15-19)30(35)39-21(3)13-14-23(5)41-32(37)28-16-27(17-29(18-28)42-25(7)34)31(36)40-22(4)12-11-20(2)38-24(6)33;1-18-8-7-9-24(14-18)28(33)37-20(3)12-13-22(5)39-30(35)26-15-25(16-27(32)17-26)29(34)38-21(4)11-10-19(2)36-23(6)31/h8-18,20-23H,1-7H3;7-17,19-22,32H,1-6H3/b12-11+,14-13+;11-10+,13-12+. The molecule has 8 atom stereocenters. The van der Waals surface area contributed by atoms with Crippen molar-refractivity contribution in [2.45, 2.75) is 139 Å². The summed E-state index contributed by atoms with van der Waals surface area (Å²) in [4.78, 5) is 109. The first kappa shape index (κ1) is 66.2. The molecule has 0 heterocycles. The Morgan fingerprint density at radius 3 is 0.827 bits per heavy atom. The van der Waals surface area contributed by atoms with Crippen LogP contribution in [0.5, 0.6) is 11.5 Å². The van der Waals surface area contributed by atoms with E-state index in [1.54, 1.807) is 140 Å². The Hall–Kier alpha value is -9.13. The summed E-state index contributed by atoms with van der Waals surface area (Å²) >= 11 is 0. The van der Waals surface area contributed by atoms with Gasteiger partial charge < -0.3 is 47.7 Å². The van der Waals surface area contributed by atoms with Gasteiger partial charge in [0.1, 0.15) is 60.3 Å². The normalized spacial score (nSPS) is 14.1. The average Bonchev–Trinajstić information content (AvgIpc) is 3.37. The Kier molecular flexibility index (Phi) is 26.7. The lowest BCUT2D eigenvalue weighted by atomic mass is 10.1. The SMILES string of the molecule is CC(=O)OC(C)/C=C/C(C)OC(=O)c1cc(O)cc(C(=O)OC(C)/C=C/C(C)OC(=O)c2cccc(C)c2)c1.CC(=O)Oc1cc(C(=O)OC(C)/C=C/C(C)OC(C)=O)cc(C(=O)OC(C)/C=C/C(C)OC(=O)c2cccc(C)c2)c1. The molecule has 1 N–H and O–H groups in total. The molecule has 0 aliphatic heterocycles. The molecule has 0 aliphatic rings. The van der Waals surface area contributed by atoms with Crippen molar-refractivity contribution in [1.29, 1.82) is 0 Å². The predicted molar refractivity (Wildman–Crippen MR) is 296 cm³/mol. The minimum Gasteiger partial charge on any atom is -0.508 e. The van der Waals surface area contributed by atoms with Crippen LogP contribution in [0.25, 0.3) is 0 Å². The number of ether oxygens (including phenoxy) is 9. The molecule has 432 valence electrons. The molecule has 0 aromatic heterocycles. The monoisotopic (exact) mass is 1120 g/mol. The molecule has 0 saturated carbocycles. The van der Waals surface area contributed by atoms with E-state index in [-0.39, 0.29) is 33.8 Å². The van der Waals surface area contributed by atoms with E-state index in [1.165, 1.54) is 57.2 Å². The molecule has 81 heavy (non-hydrogen) atoms. The Balaban J connectivity index is 0.000000426. The van der Waals surface area contributed by atoms with E-state index >= 15 is 0 Å². The average molecular weight is 1120 g/mol. The number of esters is 9. The van der Waals surface area contributed by atoms with E-state index < -0.39 is 103 Å². The Morgan fingerprint density at radius 1 is 0.333 bits per heavy atom. The minimum absolute atomic E-state index is 0.0459.